The van der Waals surface area contributed by atoms with Crippen LogP contribution in [0.15, 0.2) is 0 Å². The molecule has 0 bridgehead atoms. The van der Waals surface area contributed by atoms with Crippen molar-refractivity contribution < 1.29 is 0 Å². The second-order valence-corrected chi connectivity index (χ2v) is 66.5. The molecule has 0 aromatic rings. The third-order valence-electron chi connectivity index (χ3n) is 3.47. The summed E-state index contributed by atoms with van der Waals surface area (Å²) in [6.07, 6.45) is 0. The predicted octanol–water partition coefficient (Wildman–Crippen LogP) is 3.93. The molecule has 92 valence electrons. The Balaban J connectivity index is 5.78. The molecule has 0 amide bonds. The topological polar surface area (TPSA) is 0 Å². The fourth-order valence-electron chi connectivity index (χ4n) is 4.29. The van der Waals surface area contributed by atoms with Gasteiger partial charge >= 0.3 is 111 Å². The van der Waals surface area contributed by atoms with E-state index in [2.05, 4.69) is 63.9 Å². The first-order chi connectivity index (χ1) is 6.31. The second kappa shape index (κ2) is 4.73. The maximum atomic E-state index is 2.70. The van der Waals surface area contributed by atoms with Gasteiger partial charge in [-0.3, -0.25) is 0 Å². The molecular weight excluding hydrogens is 360 g/mol. The molecular formula is C10H30Si4Te. The van der Waals surface area contributed by atoms with E-state index in [4.69, 9.17) is 0 Å². The minimum absolute atomic E-state index is 0.318. The number of rotatable bonds is 4. The summed E-state index contributed by atoms with van der Waals surface area (Å²) < 4.78 is -0.828. The van der Waals surface area contributed by atoms with Gasteiger partial charge < -0.3 is 0 Å². The van der Waals surface area contributed by atoms with Crippen LogP contribution >= 0.6 is 0 Å². The molecule has 0 saturated carbocycles. The molecule has 0 aliphatic heterocycles. The minimum atomic E-state index is -0.888. The van der Waals surface area contributed by atoms with Gasteiger partial charge in [0.2, 0.25) is 0 Å². The molecule has 0 unspecified atom stereocenters. The summed E-state index contributed by atoms with van der Waals surface area (Å²) >= 11 is 0.318. The molecule has 15 heavy (non-hydrogen) atoms. The van der Waals surface area contributed by atoms with Gasteiger partial charge in [-0.2, -0.15) is 0 Å². The van der Waals surface area contributed by atoms with Crippen LogP contribution in [-0.4, -0.2) is 47.1 Å². The van der Waals surface area contributed by atoms with Gasteiger partial charge in [0.15, 0.2) is 0 Å². The van der Waals surface area contributed by atoms with Crippen LogP contribution in [0.5, 0.6) is 0 Å². The Morgan fingerprint density at radius 2 is 0.733 bits per heavy atom. The van der Waals surface area contributed by atoms with Crippen LogP contribution in [0.25, 0.3) is 0 Å². The van der Waals surface area contributed by atoms with Crippen LogP contribution in [-0.2, 0) is 0 Å². The van der Waals surface area contributed by atoms with Gasteiger partial charge in [-0.1, -0.05) is 0 Å². The van der Waals surface area contributed by atoms with Gasteiger partial charge in [0.05, 0.1) is 0 Å². The van der Waals surface area contributed by atoms with Gasteiger partial charge in [-0.25, -0.2) is 0 Å². The van der Waals surface area contributed by atoms with Crippen LogP contribution in [0.1, 0.15) is 0 Å². The van der Waals surface area contributed by atoms with E-state index < -0.39 is 26.9 Å². The van der Waals surface area contributed by atoms with Crippen molar-refractivity contribution in [2.45, 2.75) is 63.9 Å². The molecule has 0 rings (SSSR count). The zero-order valence-corrected chi connectivity index (χ0v) is 18.7. The monoisotopic (exact) mass is 392 g/mol. The molecule has 0 heterocycles. The summed E-state index contributed by atoms with van der Waals surface area (Å²) in [5, 5.41) is 0. The second-order valence-electron chi connectivity index (χ2n) is 7.64. The Kier molecular flexibility index (Phi) is 5.26. The first-order valence-electron chi connectivity index (χ1n) is 5.86. The molecule has 0 aliphatic carbocycles. The Morgan fingerprint density at radius 3 is 0.733 bits per heavy atom. The van der Waals surface area contributed by atoms with E-state index in [1.54, 1.807) is 0 Å². The van der Waals surface area contributed by atoms with Crippen molar-refractivity contribution in [2.24, 2.45) is 0 Å². The normalized spacial score (nSPS) is 15.6. The zero-order valence-electron chi connectivity index (χ0n) is 12.4. The Labute approximate surface area is 110 Å². The molecule has 0 atom stereocenters. The van der Waals surface area contributed by atoms with Crippen LogP contribution in [0.4, 0.5) is 0 Å². The molecule has 0 aromatic heterocycles. The first-order valence-corrected chi connectivity index (χ1v) is 27.1. The van der Waals surface area contributed by atoms with Crippen LogP contribution in [0, 0.1) is 0 Å². The van der Waals surface area contributed by atoms with Gasteiger partial charge in [-0.15, -0.1) is 0 Å². The molecule has 0 nitrogen and oxygen atoms in total. The van der Waals surface area contributed by atoms with Gasteiger partial charge in [0, 0.05) is 0 Å². The van der Waals surface area contributed by atoms with Crippen LogP contribution in [0.2, 0.25) is 63.9 Å². The molecule has 5 heteroatoms. The van der Waals surface area contributed by atoms with Crippen LogP contribution < -0.4 is 0 Å². The SMILES string of the molecule is C[Te][Si]([Si](C)(C)C)([Si](C)(C)C)[Si](C)(C)C. The molecule has 0 aromatic carbocycles. The molecule has 0 radical (unpaired) electrons. The molecule has 0 spiro atoms. The van der Waals surface area contributed by atoms with Gasteiger partial charge in [0.25, 0.3) is 0 Å². The third-order valence-corrected chi connectivity index (χ3v) is 135. The average Bonchev–Trinajstić information content (AvgIpc) is 1.76. The number of hydrogen-bond donors (Lipinski definition) is 0. The standard InChI is InChI=1S/C10H30Si4Te/c1-11(2,3)14(15-10,12(4,5)6)13(7,8)9/h1-10H3. The zero-order chi connectivity index (χ0) is 12.7. The summed E-state index contributed by atoms with van der Waals surface area (Å²) in [5.41, 5.74) is 0. The molecule has 0 aliphatic rings. The molecule has 0 fully saturated rings. The third kappa shape index (κ3) is 2.91. The summed E-state index contributed by atoms with van der Waals surface area (Å²) in [4.78, 5) is 2.64. The van der Waals surface area contributed by atoms with Crippen molar-refractivity contribution in [3.05, 3.63) is 0 Å². The van der Waals surface area contributed by atoms with E-state index in [1.807, 2.05) is 0 Å². The fraction of sp³-hybridized carbons (Fsp3) is 1.00. The van der Waals surface area contributed by atoms with Crippen molar-refractivity contribution in [3.8, 4) is 0 Å². The van der Waals surface area contributed by atoms with Gasteiger partial charge in [0.1, 0.15) is 0 Å². The summed E-state index contributed by atoms with van der Waals surface area (Å²) in [6, 6.07) is 0. The predicted molar refractivity (Wildman–Crippen MR) is 87.4 cm³/mol. The van der Waals surface area contributed by atoms with E-state index in [9.17, 15) is 0 Å². The van der Waals surface area contributed by atoms with Crippen molar-refractivity contribution >= 4 is 47.1 Å². The van der Waals surface area contributed by atoms with E-state index in [0.29, 0.717) is 20.1 Å². The summed E-state index contributed by atoms with van der Waals surface area (Å²) in [6.45, 7) is 24.3. The summed E-state index contributed by atoms with van der Waals surface area (Å²) in [7, 11) is -2.66. The molecule has 0 saturated heterocycles. The Bertz CT molecular complexity index is 183. The van der Waals surface area contributed by atoms with Crippen molar-refractivity contribution in [1.29, 1.82) is 0 Å². The van der Waals surface area contributed by atoms with Crippen LogP contribution in [0.3, 0.4) is 0 Å². The van der Waals surface area contributed by atoms with Gasteiger partial charge in [-0.05, 0) is 0 Å². The van der Waals surface area contributed by atoms with E-state index >= 15 is 0 Å². The van der Waals surface area contributed by atoms with E-state index in [-0.39, 0.29) is 0 Å². The van der Waals surface area contributed by atoms with Crippen molar-refractivity contribution in [2.75, 3.05) is 0 Å². The first kappa shape index (κ1) is 16.7. The van der Waals surface area contributed by atoms with Crippen molar-refractivity contribution in [1.82, 2.24) is 0 Å². The fourth-order valence-corrected chi connectivity index (χ4v) is 147. The number of hydrogen-bond acceptors (Lipinski definition) is 0. The Hall–Kier alpha value is 1.66. The van der Waals surface area contributed by atoms with E-state index in [0.717, 1.165) is 0 Å². The summed E-state index contributed by atoms with van der Waals surface area (Å²) in [5.74, 6) is 0. The average molecular weight is 390 g/mol. The maximum absolute atomic E-state index is 2.70. The quantitative estimate of drug-likeness (QED) is 0.638. The van der Waals surface area contributed by atoms with E-state index in [1.165, 1.54) is 0 Å². The Morgan fingerprint density at radius 1 is 0.533 bits per heavy atom. The van der Waals surface area contributed by atoms with Crippen molar-refractivity contribution in [3.63, 3.8) is 0 Å². The molecule has 0 N–H and O–H groups in total.